The Labute approximate surface area is 130 Å². The van der Waals surface area contributed by atoms with Gasteiger partial charge in [0.1, 0.15) is 5.69 Å². The SMILES string of the molecule is CCc1ccc(-n2nnc(CN)c2Cc2ccccc2)cc1. The minimum Gasteiger partial charge on any atom is -0.325 e. The number of nitrogens with two attached hydrogens (primary N) is 1. The summed E-state index contributed by atoms with van der Waals surface area (Å²) in [4.78, 5) is 0. The van der Waals surface area contributed by atoms with Crippen LogP contribution in [-0.4, -0.2) is 15.0 Å². The Balaban J connectivity index is 1.99. The molecule has 1 heterocycles. The minimum atomic E-state index is 0.398. The van der Waals surface area contributed by atoms with Gasteiger partial charge in [0.2, 0.25) is 0 Å². The van der Waals surface area contributed by atoms with Gasteiger partial charge in [-0.2, -0.15) is 0 Å². The van der Waals surface area contributed by atoms with Crippen LogP contribution >= 0.6 is 0 Å². The van der Waals surface area contributed by atoms with Crippen LogP contribution in [0.3, 0.4) is 0 Å². The van der Waals surface area contributed by atoms with E-state index in [0.29, 0.717) is 6.54 Å². The molecule has 0 aliphatic carbocycles. The standard InChI is InChI=1S/C18H20N4/c1-2-14-8-10-16(11-9-14)22-18(17(13-19)20-21-22)12-15-6-4-3-5-7-15/h3-11H,2,12-13,19H2,1H3. The molecule has 3 rings (SSSR count). The van der Waals surface area contributed by atoms with E-state index in [1.54, 1.807) is 0 Å². The van der Waals surface area contributed by atoms with Crippen molar-refractivity contribution in [2.75, 3.05) is 0 Å². The van der Waals surface area contributed by atoms with E-state index in [4.69, 9.17) is 5.73 Å². The molecule has 0 amide bonds. The fourth-order valence-electron chi connectivity index (χ4n) is 2.54. The van der Waals surface area contributed by atoms with Crippen LogP contribution in [0.4, 0.5) is 0 Å². The molecule has 0 radical (unpaired) electrons. The smallest absolute Gasteiger partial charge is 0.100 e. The third kappa shape index (κ3) is 2.92. The van der Waals surface area contributed by atoms with E-state index >= 15 is 0 Å². The Bertz CT molecular complexity index is 730. The summed E-state index contributed by atoms with van der Waals surface area (Å²) in [5, 5.41) is 8.53. The third-order valence-corrected chi connectivity index (χ3v) is 3.84. The highest BCUT2D eigenvalue weighted by Crippen LogP contribution is 2.17. The van der Waals surface area contributed by atoms with Crippen LogP contribution in [0, 0.1) is 0 Å². The minimum absolute atomic E-state index is 0.398. The van der Waals surface area contributed by atoms with Gasteiger partial charge in [0, 0.05) is 13.0 Å². The molecule has 0 unspecified atom stereocenters. The number of aromatic nitrogens is 3. The first-order valence-electron chi connectivity index (χ1n) is 7.58. The molecule has 0 saturated heterocycles. The molecule has 0 aliphatic rings. The van der Waals surface area contributed by atoms with E-state index in [1.807, 2.05) is 22.9 Å². The van der Waals surface area contributed by atoms with Crippen LogP contribution in [0.1, 0.15) is 29.4 Å². The first-order chi connectivity index (χ1) is 10.8. The molecule has 112 valence electrons. The van der Waals surface area contributed by atoms with E-state index in [9.17, 15) is 0 Å². The molecule has 22 heavy (non-hydrogen) atoms. The summed E-state index contributed by atoms with van der Waals surface area (Å²) in [6, 6.07) is 18.8. The lowest BCUT2D eigenvalue weighted by atomic mass is 10.1. The molecule has 4 heteroatoms. The predicted molar refractivity (Wildman–Crippen MR) is 87.9 cm³/mol. The van der Waals surface area contributed by atoms with Crippen molar-refractivity contribution >= 4 is 0 Å². The largest absolute Gasteiger partial charge is 0.325 e. The maximum Gasteiger partial charge on any atom is 0.100 e. The highest BCUT2D eigenvalue weighted by Gasteiger charge is 2.13. The van der Waals surface area contributed by atoms with E-state index in [0.717, 1.165) is 29.9 Å². The van der Waals surface area contributed by atoms with Gasteiger partial charge in [-0.3, -0.25) is 0 Å². The molecule has 2 N–H and O–H groups in total. The van der Waals surface area contributed by atoms with Gasteiger partial charge in [0.25, 0.3) is 0 Å². The number of benzene rings is 2. The molecule has 0 spiro atoms. The third-order valence-electron chi connectivity index (χ3n) is 3.84. The van der Waals surface area contributed by atoms with Crippen molar-refractivity contribution in [3.63, 3.8) is 0 Å². The molecule has 0 fully saturated rings. The number of aryl methyl sites for hydroxylation is 1. The van der Waals surface area contributed by atoms with Crippen molar-refractivity contribution in [2.24, 2.45) is 5.73 Å². The van der Waals surface area contributed by atoms with E-state index in [1.165, 1.54) is 11.1 Å². The molecule has 2 aromatic carbocycles. The summed E-state index contributed by atoms with van der Waals surface area (Å²) in [7, 11) is 0. The lowest BCUT2D eigenvalue weighted by Gasteiger charge is -2.08. The van der Waals surface area contributed by atoms with E-state index < -0.39 is 0 Å². The van der Waals surface area contributed by atoms with Gasteiger partial charge in [-0.05, 0) is 29.7 Å². The Hall–Kier alpha value is -2.46. The molecule has 0 bridgehead atoms. The summed E-state index contributed by atoms with van der Waals surface area (Å²) in [6.45, 7) is 2.55. The van der Waals surface area contributed by atoms with E-state index in [-0.39, 0.29) is 0 Å². The Morgan fingerprint density at radius 3 is 2.32 bits per heavy atom. The van der Waals surface area contributed by atoms with Crippen molar-refractivity contribution in [3.8, 4) is 5.69 Å². The van der Waals surface area contributed by atoms with Crippen LogP contribution in [-0.2, 0) is 19.4 Å². The van der Waals surface area contributed by atoms with Crippen molar-refractivity contribution in [3.05, 3.63) is 77.1 Å². The topological polar surface area (TPSA) is 56.7 Å². The normalized spacial score (nSPS) is 10.8. The molecule has 4 nitrogen and oxygen atoms in total. The zero-order valence-corrected chi connectivity index (χ0v) is 12.7. The summed E-state index contributed by atoms with van der Waals surface area (Å²) in [5.41, 5.74) is 11.3. The van der Waals surface area contributed by atoms with Crippen LogP contribution < -0.4 is 5.73 Å². The molecule has 3 aromatic rings. The van der Waals surface area contributed by atoms with Crippen LogP contribution in [0.15, 0.2) is 54.6 Å². The molecule has 0 saturated carbocycles. The Morgan fingerprint density at radius 1 is 0.955 bits per heavy atom. The second-order valence-electron chi connectivity index (χ2n) is 5.28. The lowest BCUT2D eigenvalue weighted by Crippen LogP contribution is -2.07. The average molecular weight is 292 g/mol. The first kappa shape index (κ1) is 14.5. The average Bonchev–Trinajstić information content (AvgIpc) is 2.98. The maximum absolute atomic E-state index is 5.83. The van der Waals surface area contributed by atoms with Crippen molar-refractivity contribution in [1.29, 1.82) is 0 Å². The Morgan fingerprint density at radius 2 is 1.68 bits per heavy atom. The number of hydrogen-bond acceptors (Lipinski definition) is 3. The summed E-state index contributed by atoms with van der Waals surface area (Å²) < 4.78 is 1.90. The number of hydrogen-bond donors (Lipinski definition) is 1. The number of nitrogens with zero attached hydrogens (tertiary/aromatic N) is 3. The van der Waals surface area contributed by atoms with Crippen molar-refractivity contribution in [1.82, 2.24) is 15.0 Å². The monoisotopic (exact) mass is 292 g/mol. The molecule has 0 aliphatic heterocycles. The summed E-state index contributed by atoms with van der Waals surface area (Å²) >= 11 is 0. The molecular formula is C18H20N4. The summed E-state index contributed by atoms with van der Waals surface area (Å²) in [5.74, 6) is 0. The fourth-order valence-corrected chi connectivity index (χ4v) is 2.54. The predicted octanol–water partition coefficient (Wildman–Crippen LogP) is 2.88. The second kappa shape index (κ2) is 6.54. The van der Waals surface area contributed by atoms with Crippen LogP contribution in [0.2, 0.25) is 0 Å². The van der Waals surface area contributed by atoms with Gasteiger partial charge < -0.3 is 5.73 Å². The van der Waals surface area contributed by atoms with Gasteiger partial charge in [-0.15, -0.1) is 5.10 Å². The highest BCUT2D eigenvalue weighted by molar-refractivity contribution is 5.37. The second-order valence-corrected chi connectivity index (χ2v) is 5.28. The zero-order chi connectivity index (χ0) is 15.4. The van der Waals surface area contributed by atoms with Crippen molar-refractivity contribution in [2.45, 2.75) is 26.3 Å². The van der Waals surface area contributed by atoms with Gasteiger partial charge >= 0.3 is 0 Å². The first-order valence-corrected chi connectivity index (χ1v) is 7.58. The maximum atomic E-state index is 5.83. The number of rotatable bonds is 5. The van der Waals surface area contributed by atoms with Gasteiger partial charge in [0.15, 0.2) is 0 Å². The Kier molecular flexibility index (Phi) is 4.30. The highest BCUT2D eigenvalue weighted by atomic mass is 15.4. The van der Waals surface area contributed by atoms with E-state index in [2.05, 4.69) is 53.6 Å². The van der Waals surface area contributed by atoms with Gasteiger partial charge in [-0.25, -0.2) is 4.68 Å². The zero-order valence-electron chi connectivity index (χ0n) is 12.7. The van der Waals surface area contributed by atoms with Crippen LogP contribution in [0.5, 0.6) is 0 Å². The quantitative estimate of drug-likeness (QED) is 0.786. The van der Waals surface area contributed by atoms with Crippen molar-refractivity contribution < 1.29 is 0 Å². The molecule has 0 atom stereocenters. The molecular weight excluding hydrogens is 272 g/mol. The van der Waals surface area contributed by atoms with Crippen LogP contribution in [0.25, 0.3) is 5.69 Å². The lowest BCUT2D eigenvalue weighted by molar-refractivity contribution is 0.771. The van der Waals surface area contributed by atoms with Gasteiger partial charge in [-0.1, -0.05) is 54.6 Å². The fraction of sp³-hybridized carbons (Fsp3) is 0.222. The summed E-state index contributed by atoms with van der Waals surface area (Å²) in [6.07, 6.45) is 1.80. The van der Waals surface area contributed by atoms with Gasteiger partial charge in [0.05, 0.1) is 11.4 Å². The molecule has 1 aromatic heterocycles.